The van der Waals surface area contributed by atoms with Crippen molar-refractivity contribution in [3.05, 3.63) is 64.8 Å². The minimum atomic E-state index is -0.698. The van der Waals surface area contributed by atoms with Crippen molar-refractivity contribution in [3.8, 4) is 11.3 Å². The molecule has 3 aromatic rings. The second-order valence-corrected chi connectivity index (χ2v) is 6.66. The van der Waals surface area contributed by atoms with Crippen LogP contribution in [-0.4, -0.2) is 0 Å². The van der Waals surface area contributed by atoms with E-state index in [1.807, 2.05) is 40.0 Å². The van der Waals surface area contributed by atoms with Crippen LogP contribution in [0, 0.1) is 20.8 Å². The minimum Gasteiger partial charge on any atom is -0.200 e. The highest BCUT2D eigenvalue weighted by atomic mass is 14.9. The lowest BCUT2D eigenvalue weighted by atomic mass is 9.90. The van der Waals surface area contributed by atoms with Crippen molar-refractivity contribution in [2.24, 2.45) is 7.05 Å². The normalized spacial score (nSPS) is 13.7. The maximum Gasteiger partial charge on any atom is 0.220 e. The molecule has 118 valence electrons. The SMILES string of the molecule is [2H]c1c([2H])[n+](C)c(-c2cc(C([2H])(C)C)cc(C)c2C)c2cc(C)ccc12. The lowest BCUT2D eigenvalue weighted by Gasteiger charge is -2.14. The predicted molar refractivity (Wildman–Crippen MR) is 98.9 cm³/mol. The second kappa shape index (κ2) is 5.81. The summed E-state index contributed by atoms with van der Waals surface area (Å²) < 4.78 is 27.0. The van der Waals surface area contributed by atoms with E-state index in [1.54, 1.807) is 4.57 Å². The minimum absolute atomic E-state index is 0.198. The van der Waals surface area contributed by atoms with E-state index in [0.29, 0.717) is 0 Å². The highest BCUT2D eigenvalue weighted by molar-refractivity contribution is 5.94. The van der Waals surface area contributed by atoms with Crippen LogP contribution in [-0.2, 0) is 7.05 Å². The number of hydrogen-bond donors (Lipinski definition) is 0. The van der Waals surface area contributed by atoms with Gasteiger partial charge in [-0.3, -0.25) is 0 Å². The van der Waals surface area contributed by atoms with Crippen molar-refractivity contribution < 1.29 is 8.68 Å². The van der Waals surface area contributed by atoms with Crippen LogP contribution in [0.3, 0.4) is 0 Å². The van der Waals surface area contributed by atoms with E-state index >= 15 is 0 Å². The fraction of sp³-hybridized carbons (Fsp3) is 0.318. The summed E-state index contributed by atoms with van der Waals surface area (Å²) in [5.74, 6) is -0.698. The van der Waals surface area contributed by atoms with Crippen LogP contribution in [0.1, 0.15) is 46.1 Å². The summed E-state index contributed by atoms with van der Waals surface area (Å²) in [5, 5.41) is 1.78. The molecule has 0 atom stereocenters. The van der Waals surface area contributed by atoms with E-state index in [9.17, 15) is 0 Å². The van der Waals surface area contributed by atoms with E-state index in [1.165, 1.54) is 0 Å². The quantitative estimate of drug-likeness (QED) is 0.560. The van der Waals surface area contributed by atoms with Crippen LogP contribution >= 0.6 is 0 Å². The van der Waals surface area contributed by atoms with Crippen molar-refractivity contribution in [1.82, 2.24) is 0 Å². The van der Waals surface area contributed by atoms with Gasteiger partial charge in [0.2, 0.25) is 5.69 Å². The highest BCUT2D eigenvalue weighted by Gasteiger charge is 2.19. The Labute approximate surface area is 143 Å². The lowest BCUT2D eigenvalue weighted by molar-refractivity contribution is -0.659. The van der Waals surface area contributed by atoms with Gasteiger partial charge in [0.25, 0.3) is 0 Å². The zero-order valence-electron chi connectivity index (χ0n) is 17.8. The topological polar surface area (TPSA) is 3.88 Å². The Morgan fingerprint density at radius 2 is 1.83 bits per heavy atom. The van der Waals surface area contributed by atoms with Crippen LogP contribution < -0.4 is 4.57 Å². The van der Waals surface area contributed by atoms with Crippen molar-refractivity contribution in [2.45, 2.75) is 40.5 Å². The van der Waals surface area contributed by atoms with Crippen molar-refractivity contribution >= 4 is 10.8 Å². The lowest BCUT2D eigenvalue weighted by Crippen LogP contribution is -2.31. The highest BCUT2D eigenvalue weighted by Crippen LogP contribution is 2.32. The van der Waals surface area contributed by atoms with E-state index in [-0.39, 0.29) is 12.2 Å². The Kier molecular flexibility index (Phi) is 3.10. The molecule has 0 N–H and O–H groups in total. The number of pyridine rings is 1. The molecule has 0 bridgehead atoms. The number of aryl methyl sites for hydroxylation is 2. The van der Waals surface area contributed by atoms with Gasteiger partial charge in [0, 0.05) is 7.41 Å². The number of hydrogen-bond acceptors (Lipinski definition) is 0. The van der Waals surface area contributed by atoms with Gasteiger partial charge in [-0.15, -0.1) is 0 Å². The molecule has 1 heterocycles. The van der Waals surface area contributed by atoms with Gasteiger partial charge in [-0.25, -0.2) is 4.57 Å². The van der Waals surface area contributed by atoms with Crippen LogP contribution in [0.2, 0.25) is 0 Å². The zero-order valence-corrected chi connectivity index (χ0v) is 14.8. The molecule has 1 nitrogen and oxygen atoms in total. The molecule has 0 amide bonds. The molecular weight excluding hydrogens is 278 g/mol. The first-order valence-corrected chi connectivity index (χ1v) is 8.04. The number of fused-ring (bicyclic) bond motifs is 1. The molecule has 23 heavy (non-hydrogen) atoms. The van der Waals surface area contributed by atoms with E-state index in [0.717, 1.165) is 44.3 Å². The monoisotopic (exact) mass is 307 g/mol. The summed E-state index contributed by atoms with van der Waals surface area (Å²) in [6, 6.07) is 10.4. The molecule has 3 rings (SSSR count). The Morgan fingerprint density at radius 1 is 1.09 bits per heavy atom. The fourth-order valence-electron chi connectivity index (χ4n) is 3.06. The summed E-state index contributed by atoms with van der Waals surface area (Å²) in [7, 11) is 1.85. The Morgan fingerprint density at radius 3 is 2.52 bits per heavy atom. The van der Waals surface area contributed by atoms with Crippen molar-refractivity contribution in [3.63, 3.8) is 0 Å². The number of nitrogens with zero attached hydrogens (tertiary/aromatic N) is 1. The van der Waals surface area contributed by atoms with E-state index in [4.69, 9.17) is 4.11 Å². The van der Waals surface area contributed by atoms with E-state index in [2.05, 4.69) is 32.0 Å². The van der Waals surface area contributed by atoms with Crippen LogP contribution in [0.25, 0.3) is 22.0 Å². The van der Waals surface area contributed by atoms with Gasteiger partial charge in [0.1, 0.15) is 8.42 Å². The average Bonchev–Trinajstić information content (AvgIpc) is 2.55. The first-order chi connectivity index (χ1) is 12.0. The first kappa shape index (κ1) is 12.3. The maximum absolute atomic E-state index is 8.45. The van der Waals surface area contributed by atoms with Gasteiger partial charge in [0.05, 0.1) is 12.3 Å². The molecule has 0 unspecified atom stereocenters. The summed E-state index contributed by atoms with van der Waals surface area (Å²) in [5.41, 5.74) is 6.34. The molecule has 0 saturated heterocycles. The van der Waals surface area contributed by atoms with Gasteiger partial charge in [-0.1, -0.05) is 37.6 Å². The summed E-state index contributed by atoms with van der Waals surface area (Å²) >= 11 is 0. The fourth-order valence-corrected chi connectivity index (χ4v) is 3.06. The largest absolute Gasteiger partial charge is 0.220 e. The number of benzene rings is 2. The molecule has 0 spiro atoms. The second-order valence-electron chi connectivity index (χ2n) is 6.66. The van der Waals surface area contributed by atoms with E-state index < -0.39 is 5.89 Å². The molecule has 0 aliphatic carbocycles. The van der Waals surface area contributed by atoms with Crippen LogP contribution in [0.15, 0.2) is 42.5 Å². The van der Waals surface area contributed by atoms with Crippen molar-refractivity contribution in [2.75, 3.05) is 0 Å². The molecule has 2 aromatic carbocycles. The molecular formula is C22H26N+. The van der Waals surface area contributed by atoms with Gasteiger partial charge < -0.3 is 0 Å². The molecule has 0 aliphatic rings. The smallest absolute Gasteiger partial charge is 0.200 e. The number of rotatable bonds is 2. The van der Waals surface area contributed by atoms with Gasteiger partial charge in [-0.2, -0.15) is 0 Å². The maximum atomic E-state index is 8.45. The van der Waals surface area contributed by atoms with Crippen molar-refractivity contribution in [1.29, 1.82) is 0 Å². The van der Waals surface area contributed by atoms with Crippen LogP contribution in [0.4, 0.5) is 0 Å². The van der Waals surface area contributed by atoms with Gasteiger partial charge >= 0.3 is 0 Å². The molecule has 0 aliphatic heterocycles. The average molecular weight is 307 g/mol. The van der Waals surface area contributed by atoms with Gasteiger partial charge in [-0.05, 0) is 60.9 Å². The summed E-state index contributed by atoms with van der Waals surface area (Å²) in [6.45, 7) is 9.99. The molecule has 1 heteroatoms. The first-order valence-electron chi connectivity index (χ1n) is 9.54. The Bertz CT molecular complexity index is 1030. The Balaban J connectivity index is 2.51. The molecule has 0 fully saturated rings. The summed E-state index contributed by atoms with van der Waals surface area (Å²) in [4.78, 5) is 0. The molecule has 0 saturated carbocycles. The van der Waals surface area contributed by atoms with Gasteiger partial charge in [0.15, 0.2) is 6.17 Å². The Hall–Kier alpha value is -2.15. The third-order valence-electron chi connectivity index (χ3n) is 4.62. The third-order valence-corrected chi connectivity index (χ3v) is 4.62. The predicted octanol–water partition coefficient (Wildman–Crippen LogP) is 5.38. The van der Waals surface area contributed by atoms with Crippen LogP contribution in [0.5, 0.6) is 0 Å². The zero-order chi connectivity index (χ0) is 19.4. The molecule has 1 aromatic heterocycles. The number of aromatic nitrogens is 1. The standard InChI is InChI=1S/C22H26N/c1-14(2)19-12-16(4)17(5)20(13-19)22-21-11-15(3)7-8-18(21)9-10-23(22)6/h7-14H,1-6H3/q+1/i9D,10D,14D. The molecule has 0 radical (unpaired) electrons. The summed E-state index contributed by atoms with van der Waals surface area (Å²) in [6.07, 6.45) is 0.198. The third kappa shape index (κ3) is 2.76.